The average molecular weight is 437 g/mol. The summed E-state index contributed by atoms with van der Waals surface area (Å²) in [5.74, 6) is -14.6. The van der Waals surface area contributed by atoms with Crippen molar-refractivity contribution in [1.29, 1.82) is 0 Å². The third-order valence-corrected chi connectivity index (χ3v) is 3.94. The van der Waals surface area contributed by atoms with Crippen LogP contribution in [0.1, 0.15) is 34.6 Å². The average Bonchev–Trinajstić information content (AvgIpc) is 2.93. The van der Waals surface area contributed by atoms with Crippen molar-refractivity contribution in [2.24, 2.45) is 0 Å². The summed E-state index contributed by atoms with van der Waals surface area (Å²) >= 11 is 0. The van der Waals surface area contributed by atoms with Gasteiger partial charge in [0.25, 0.3) is 0 Å². The van der Waals surface area contributed by atoms with Crippen LogP contribution in [0.25, 0.3) is 0 Å². The summed E-state index contributed by atoms with van der Waals surface area (Å²) in [6.07, 6.45) is 1.07. The van der Waals surface area contributed by atoms with Gasteiger partial charge in [-0.05, 0) is 34.6 Å². The second kappa shape index (κ2) is 8.21. The first-order valence-corrected chi connectivity index (χ1v) is 8.73. The first-order valence-electron chi connectivity index (χ1n) is 8.73. The lowest BCUT2D eigenvalue weighted by atomic mass is 10.2. The van der Waals surface area contributed by atoms with Crippen molar-refractivity contribution < 1.29 is 45.8 Å². The Morgan fingerprint density at radius 1 is 1.03 bits per heavy atom. The highest BCUT2D eigenvalue weighted by molar-refractivity contribution is 5.84. The van der Waals surface area contributed by atoms with E-state index >= 15 is 0 Å². The third kappa shape index (κ3) is 4.89. The number of nitrogens with zero attached hydrogens (tertiary/aromatic N) is 1. The molecule has 1 aliphatic heterocycles. The maximum Gasteiger partial charge on any atom is 0.413 e. The summed E-state index contributed by atoms with van der Waals surface area (Å²) < 4.78 is 81.8. The Bertz CT molecular complexity index is 865. The molecule has 1 saturated heterocycles. The van der Waals surface area contributed by atoms with Crippen LogP contribution in [0.3, 0.4) is 0 Å². The van der Waals surface area contributed by atoms with Crippen LogP contribution in [0.2, 0.25) is 0 Å². The molecule has 1 heterocycles. The van der Waals surface area contributed by atoms with Gasteiger partial charge in [-0.2, -0.15) is 8.78 Å². The Morgan fingerprint density at radius 3 is 2.03 bits per heavy atom. The lowest BCUT2D eigenvalue weighted by molar-refractivity contribution is -0.129. The molecule has 2 rings (SSSR count). The first kappa shape index (κ1) is 23.6. The van der Waals surface area contributed by atoms with Crippen LogP contribution in [0.15, 0.2) is 12.2 Å². The van der Waals surface area contributed by atoms with Crippen LogP contribution in [-0.2, 0) is 14.3 Å². The van der Waals surface area contributed by atoms with E-state index < -0.39 is 64.3 Å². The molecule has 30 heavy (non-hydrogen) atoms. The second-order valence-electron chi connectivity index (χ2n) is 7.85. The molecule has 1 aromatic rings. The van der Waals surface area contributed by atoms with Gasteiger partial charge in [0, 0.05) is 6.08 Å². The van der Waals surface area contributed by atoms with E-state index in [0.29, 0.717) is 6.08 Å². The SMILES string of the molecule is CC(C)(C)OC(=O)N1[C@@H](/C=C\C(=O)Oc2c(F)c(F)c(F)c(F)c2F)COC1(C)C. The molecule has 1 fully saturated rings. The summed E-state index contributed by atoms with van der Waals surface area (Å²) in [6.45, 7) is 8.08. The fraction of sp³-hybridized carbons (Fsp3) is 0.474. The minimum absolute atomic E-state index is 0.0431. The molecule has 166 valence electrons. The van der Waals surface area contributed by atoms with E-state index in [0.717, 1.165) is 6.08 Å². The molecule has 0 unspecified atom stereocenters. The fourth-order valence-corrected chi connectivity index (χ4v) is 2.64. The van der Waals surface area contributed by atoms with Crippen LogP contribution >= 0.6 is 0 Å². The Kier molecular flexibility index (Phi) is 6.45. The molecule has 0 N–H and O–H groups in total. The van der Waals surface area contributed by atoms with Gasteiger partial charge < -0.3 is 14.2 Å². The van der Waals surface area contributed by atoms with Crippen molar-refractivity contribution in [2.75, 3.05) is 6.61 Å². The molecule has 0 saturated carbocycles. The lowest BCUT2D eigenvalue weighted by Crippen LogP contribution is -2.49. The topological polar surface area (TPSA) is 65.1 Å². The molecule has 11 heteroatoms. The highest BCUT2D eigenvalue weighted by Crippen LogP contribution is 2.31. The number of benzene rings is 1. The summed E-state index contributed by atoms with van der Waals surface area (Å²) in [5, 5.41) is 0. The molecule has 0 bridgehead atoms. The quantitative estimate of drug-likeness (QED) is 0.177. The van der Waals surface area contributed by atoms with E-state index in [1.165, 1.54) is 4.90 Å². The normalized spacial score (nSPS) is 18.7. The highest BCUT2D eigenvalue weighted by Gasteiger charge is 2.44. The van der Waals surface area contributed by atoms with Gasteiger partial charge in [-0.3, -0.25) is 4.90 Å². The van der Waals surface area contributed by atoms with Crippen molar-refractivity contribution in [1.82, 2.24) is 4.90 Å². The molecule has 0 radical (unpaired) electrons. The van der Waals surface area contributed by atoms with E-state index in [4.69, 9.17) is 9.47 Å². The summed E-state index contributed by atoms with van der Waals surface area (Å²) in [4.78, 5) is 25.6. The predicted molar refractivity (Wildman–Crippen MR) is 92.9 cm³/mol. The van der Waals surface area contributed by atoms with E-state index in [1.807, 2.05) is 0 Å². The second-order valence-corrected chi connectivity index (χ2v) is 7.85. The third-order valence-electron chi connectivity index (χ3n) is 3.94. The van der Waals surface area contributed by atoms with Crippen molar-refractivity contribution in [3.05, 3.63) is 41.2 Å². The van der Waals surface area contributed by atoms with Gasteiger partial charge in [0.2, 0.25) is 34.8 Å². The number of esters is 1. The Morgan fingerprint density at radius 2 is 1.53 bits per heavy atom. The molecule has 0 aliphatic carbocycles. The molecule has 6 nitrogen and oxygen atoms in total. The number of carbonyl (C=O) groups excluding carboxylic acids is 2. The zero-order valence-electron chi connectivity index (χ0n) is 16.8. The molecule has 1 amide bonds. The Labute approximate surface area is 169 Å². The number of carbonyl (C=O) groups is 2. The Balaban J connectivity index is 2.21. The monoisotopic (exact) mass is 437 g/mol. The Hall–Kier alpha value is -2.69. The maximum absolute atomic E-state index is 13.6. The van der Waals surface area contributed by atoms with E-state index in [9.17, 15) is 31.5 Å². The minimum Gasteiger partial charge on any atom is -0.444 e. The number of halogens is 5. The lowest BCUT2D eigenvalue weighted by Gasteiger charge is -2.34. The number of ether oxygens (including phenoxy) is 3. The number of amides is 1. The number of hydrogen-bond acceptors (Lipinski definition) is 5. The molecule has 0 spiro atoms. The van der Waals surface area contributed by atoms with Gasteiger partial charge in [0.05, 0.1) is 12.6 Å². The van der Waals surface area contributed by atoms with Crippen molar-refractivity contribution in [2.45, 2.75) is 52.0 Å². The largest absolute Gasteiger partial charge is 0.444 e. The fourth-order valence-electron chi connectivity index (χ4n) is 2.64. The van der Waals surface area contributed by atoms with E-state index in [-0.39, 0.29) is 6.61 Å². The van der Waals surface area contributed by atoms with Gasteiger partial charge >= 0.3 is 12.1 Å². The molecular formula is C19H20F5NO5. The van der Waals surface area contributed by atoms with E-state index in [2.05, 4.69) is 4.74 Å². The smallest absolute Gasteiger partial charge is 0.413 e. The molecule has 1 aliphatic rings. The van der Waals surface area contributed by atoms with Crippen LogP contribution < -0.4 is 4.74 Å². The van der Waals surface area contributed by atoms with Gasteiger partial charge in [0.1, 0.15) is 11.3 Å². The van der Waals surface area contributed by atoms with Crippen LogP contribution in [-0.4, -0.2) is 40.9 Å². The molecule has 1 aromatic carbocycles. The van der Waals surface area contributed by atoms with Gasteiger partial charge in [-0.25, -0.2) is 22.8 Å². The number of hydrogen-bond donors (Lipinski definition) is 0. The summed E-state index contributed by atoms with van der Waals surface area (Å²) in [6, 6.07) is -0.821. The predicted octanol–water partition coefficient (Wildman–Crippen LogP) is 4.22. The molecule has 1 atom stereocenters. The first-order chi connectivity index (χ1) is 13.7. The summed E-state index contributed by atoms with van der Waals surface area (Å²) in [5.41, 5.74) is -1.91. The van der Waals surface area contributed by atoms with Crippen LogP contribution in [0, 0.1) is 29.1 Å². The minimum atomic E-state index is -2.38. The van der Waals surface area contributed by atoms with Gasteiger partial charge in [-0.15, -0.1) is 0 Å². The zero-order chi connectivity index (χ0) is 23.0. The molecule has 0 aromatic heterocycles. The zero-order valence-corrected chi connectivity index (χ0v) is 16.8. The maximum atomic E-state index is 13.6. The van der Waals surface area contributed by atoms with Crippen molar-refractivity contribution >= 4 is 12.1 Å². The van der Waals surface area contributed by atoms with Crippen LogP contribution in [0.4, 0.5) is 26.7 Å². The highest BCUT2D eigenvalue weighted by atomic mass is 19.2. The van der Waals surface area contributed by atoms with E-state index in [1.54, 1.807) is 34.6 Å². The number of rotatable bonds is 3. The van der Waals surface area contributed by atoms with Crippen molar-refractivity contribution in [3.8, 4) is 5.75 Å². The van der Waals surface area contributed by atoms with Gasteiger partial charge in [0.15, 0.2) is 0 Å². The van der Waals surface area contributed by atoms with Gasteiger partial charge in [-0.1, -0.05) is 6.08 Å². The van der Waals surface area contributed by atoms with Crippen LogP contribution in [0.5, 0.6) is 5.75 Å². The summed E-state index contributed by atoms with van der Waals surface area (Å²) in [7, 11) is 0. The molecular weight excluding hydrogens is 417 g/mol. The van der Waals surface area contributed by atoms with Crippen molar-refractivity contribution in [3.63, 3.8) is 0 Å². The standard InChI is InChI=1S/C19H20F5NO5/c1-18(2,3)30-17(27)25-9(8-28-19(25,4)5)6-7-10(26)29-16-14(23)12(21)11(20)13(22)15(16)24/h6-7,9H,8H2,1-5H3/b7-6-/t9-/m0/s1.